The summed E-state index contributed by atoms with van der Waals surface area (Å²) in [6.07, 6.45) is 2.11. The van der Waals surface area contributed by atoms with Crippen LogP contribution in [0.5, 0.6) is 0 Å². The van der Waals surface area contributed by atoms with Crippen LogP contribution in [-0.2, 0) is 4.74 Å². The minimum absolute atomic E-state index is 0.221. The summed E-state index contributed by atoms with van der Waals surface area (Å²) in [7, 11) is 2.08. The Balaban J connectivity index is 2.10. The number of benzene rings is 1. The van der Waals surface area contributed by atoms with Gasteiger partial charge in [0.05, 0.1) is 11.6 Å². The number of nitriles is 1. The predicted molar refractivity (Wildman–Crippen MR) is 80.8 cm³/mol. The summed E-state index contributed by atoms with van der Waals surface area (Å²) in [6.45, 7) is 2.61. The highest BCUT2D eigenvalue weighted by molar-refractivity contribution is 7.80. The van der Waals surface area contributed by atoms with Gasteiger partial charge in [-0.15, -0.1) is 0 Å². The number of ether oxygens (including phenoxy) is 1. The van der Waals surface area contributed by atoms with E-state index in [2.05, 4.69) is 30.6 Å². The fourth-order valence-electron chi connectivity index (χ4n) is 2.58. The van der Waals surface area contributed by atoms with Crippen molar-refractivity contribution in [2.45, 2.75) is 12.8 Å². The third-order valence-corrected chi connectivity index (χ3v) is 4.55. The van der Waals surface area contributed by atoms with Crippen LogP contribution in [-0.4, -0.2) is 32.6 Å². The second-order valence-corrected chi connectivity index (χ2v) is 5.60. The first-order valence-corrected chi connectivity index (χ1v) is 7.22. The Hall–Kier alpha value is -1.18. The van der Waals surface area contributed by atoms with E-state index in [0.29, 0.717) is 5.56 Å². The van der Waals surface area contributed by atoms with Gasteiger partial charge in [-0.2, -0.15) is 17.9 Å². The molecule has 3 nitrogen and oxygen atoms in total. The molecule has 4 heteroatoms. The van der Waals surface area contributed by atoms with Crippen LogP contribution < -0.4 is 4.90 Å². The Bertz CT molecular complexity index is 463. The van der Waals surface area contributed by atoms with Crippen LogP contribution in [0.1, 0.15) is 18.4 Å². The summed E-state index contributed by atoms with van der Waals surface area (Å²) in [5, 5.41) is 8.96. The molecule has 1 aliphatic rings. The van der Waals surface area contributed by atoms with Gasteiger partial charge in [-0.05, 0) is 36.8 Å². The van der Waals surface area contributed by atoms with E-state index in [1.165, 1.54) is 0 Å². The maximum Gasteiger partial charge on any atom is 0.0992 e. The molecule has 102 valence electrons. The van der Waals surface area contributed by atoms with Gasteiger partial charge in [-0.3, -0.25) is 0 Å². The molecule has 0 bridgehead atoms. The van der Waals surface area contributed by atoms with Crippen molar-refractivity contribution in [1.29, 1.82) is 5.26 Å². The standard InChI is InChI=1S/C15H20N2OS/c1-17(14-4-2-3-13(9-14)10-16)11-15(12-19)5-7-18-8-6-15/h2-4,9,19H,5-8,11-12H2,1H3. The lowest BCUT2D eigenvalue weighted by Gasteiger charge is -2.39. The lowest BCUT2D eigenvalue weighted by Crippen LogP contribution is -2.41. The Morgan fingerprint density at radius 3 is 2.79 bits per heavy atom. The maximum absolute atomic E-state index is 8.96. The molecule has 0 spiro atoms. The van der Waals surface area contributed by atoms with Gasteiger partial charge < -0.3 is 9.64 Å². The number of nitrogens with zero attached hydrogens (tertiary/aromatic N) is 2. The van der Waals surface area contributed by atoms with E-state index in [0.717, 1.165) is 44.0 Å². The molecule has 1 fully saturated rings. The van der Waals surface area contributed by atoms with Crippen molar-refractivity contribution in [2.75, 3.05) is 37.5 Å². The highest BCUT2D eigenvalue weighted by Gasteiger charge is 2.32. The smallest absolute Gasteiger partial charge is 0.0992 e. The van der Waals surface area contributed by atoms with Crippen LogP contribution in [0.4, 0.5) is 5.69 Å². The highest BCUT2D eigenvalue weighted by atomic mass is 32.1. The Kier molecular flexibility index (Phi) is 4.73. The molecule has 0 radical (unpaired) electrons. The van der Waals surface area contributed by atoms with Crippen LogP contribution in [0.3, 0.4) is 0 Å². The molecular formula is C15H20N2OS. The molecule has 2 rings (SSSR count). The molecule has 0 N–H and O–H groups in total. The summed E-state index contributed by atoms with van der Waals surface area (Å²) < 4.78 is 5.45. The summed E-state index contributed by atoms with van der Waals surface area (Å²) in [5.74, 6) is 0.874. The molecule has 0 aromatic heterocycles. The van der Waals surface area contributed by atoms with Crippen molar-refractivity contribution in [2.24, 2.45) is 5.41 Å². The first-order valence-electron chi connectivity index (χ1n) is 6.59. The van der Waals surface area contributed by atoms with Gasteiger partial charge in [0.2, 0.25) is 0 Å². The zero-order valence-electron chi connectivity index (χ0n) is 11.3. The van der Waals surface area contributed by atoms with E-state index in [1.807, 2.05) is 24.3 Å². The monoisotopic (exact) mass is 276 g/mol. The Labute approximate surface area is 120 Å². The highest BCUT2D eigenvalue weighted by Crippen LogP contribution is 2.33. The number of hydrogen-bond donors (Lipinski definition) is 1. The third-order valence-electron chi connectivity index (χ3n) is 3.88. The third kappa shape index (κ3) is 3.43. The molecule has 1 aliphatic heterocycles. The number of thiol groups is 1. The zero-order chi connectivity index (χ0) is 13.7. The van der Waals surface area contributed by atoms with Crippen LogP contribution >= 0.6 is 12.6 Å². The normalized spacial score (nSPS) is 17.7. The zero-order valence-corrected chi connectivity index (χ0v) is 12.2. The molecule has 0 unspecified atom stereocenters. The molecule has 0 saturated carbocycles. The van der Waals surface area contributed by atoms with Gasteiger partial charge in [0.25, 0.3) is 0 Å². The first kappa shape index (κ1) is 14.2. The van der Waals surface area contributed by atoms with Crippen molar-refractivity contribution in [3.8, 4) is 6.07 Å². The molecule has 0 atom stereocenters. The fourth-order valence-corrected chi connectivity index (χ4v) is 2.99. The average molecular weight is 276 g/mol. The molecule has 1 aromatic carbocycles. The van der Waals surface area contributed by atoms with Crippen LogP contribution in [0.2, 0.25) is 0 Å². The molecule has 19 heavy (non-hydrogen) atoms. The summed E-state index contributed by atoms with van der Waals surface area (Å²) in [5.41, 5.74) is 2.02. The van der Waals surface area contributed by atoms with Crippen molar-refractivity contribution in [1.82, 2.24) is 0 Å². The van der Waals surface area contributed by atoms with Crippen molar-refractivity contribution in [3.63, 3.8) is 0 Å². The van der Waals surface area contributed by atoms with Gasteiger partial charge in [0.1, 0.15) is 0 Å². The number of rotatable bonds is 4. The van der Waals surface area contributed by atoms with Crippen molar-refractivity contribution >= 4 is 18.3 Å². The number of anilines is 1. The topological polar surface area (TPSA) is 36.3 Å². The first-order chi connectivity index (χ1) is 9.19. The van der Waals surface area contributed by atoms with E-state index in [9.17, 15) is 0 Å². The van der Waals surface area contributed by atoms with Gasteiger partial charge in [0, 0.05) is 37.9 Å². The van der Waals surface area contributed by atoms with Crippen molar-refractivity contribution in [3.05, 3.63) is 29.8 Å². The van der Waals surface area contributed by atoms with E-state index in [-0.39, 0.29) is 5.41 Å². The van der Waals surface area contributed by atoms with Crippen LogP contribution in [0.15, 0.2) is 24.3 Å². The van der Waals surface area contributed by atoms with E-state index in [4.69, 9.17) is 10.00 Å². The molecular weight excluding hydrogens is 256 g/mol. The fraction of sp³-hybridized carbons (Fsp3) is 0.533. The lowest BCUT2D eigenvalue weighted by molar-refractivity contribution is 0.0301. The van der Waals surface area contributed by atoms with Crippen LogP contribution in [0, 0.1) is 16.7 Å². The van der Waals surface area contributed by atoms with Gasteiger partial charge >= 0.3 is 0 Å². The van der Waals surface area contributed by atoms with Crippen molar-refractivity contribution < 1.29 is 4.74 Å². The van der Waals surface area contributed by atoms with Gasteiger partial charge in [0.15, 0.2) is 0 Å². The molecule has 1 heterocycles. The summed E-state index contributed by atoms with van der Waals surface area (Å²) in [6, 6.07) is 9.94. The van der Waals surface area contributed by atoms with Crippen LogP contribution in [0.25, 0.3) is 0 Å². The quantitative estimate of drug-likeness (QED) is 0.859. The maximum atomic E-state index is 8.96. The molecule has 0 aliphatic carbocycles. The largest absolute Gasteiger partial charge is 0.381 e. The minimum atomic E-state index is 0.221. The van der Waals surface area contributed by atoms with E-state index >= 15 is 0 Å². The SMILES string of the molecule is CN(CC1(CS)CCOCC1)c1cccc(C#N)c1. The lowest BCUT2D eigenvalue weighted by atomic mass is 9.81. The van der Waals surface area contributed by atoms with E-state index in [1.54, 1.807) is 0 Å². The van der Waals surface area contributed by atoms with Gasteiger partial charge in [-0.1, -0.05) is 6.07 Å². The summed E-state index contributed by atoms with van der Waals surface area (Å²) in [4.78, 5) is 2.22. The molecule has 1 aromatic rings. The predicted octanol–water partition coefficient (Wildman–Crippen LogP) is 2.72. The number of hydrogen-bond acceptors (Lipinski definition) is 4. The van der Waals surface area contributed by atoms with Gasteiger partial charge in [-0.25, -0.2) is 0 Å². The second-order valence-electron chi connectivity index (χ2n) is 5.29. The Morgan fingerprint density at radius 1 is 1.42 bits per heavy atom. The average Bonchev–Trinajstić information content (AvgIpc) is 2.48. The molecule has 0 amide bonds. The summed E-state index contributed by atoms with van der Waals surface area (Å²) >= 11 is 4.54. The van der Waals surface area contributed by atoms with E-state index < -0.39 is 0 Å². The molecule has 1 saturated heterocycles. The second kappa shape index (κ2) is 6.31. The minimum Gasteiger partial charge on any atom is -0.381 e. The Morgan fingerprint density at radius 2 is 2.16 bits per heavy atom.